The van der Waals surface area contributed by atoms with Gasteiger partial charge in [-0.3, -0.25) is 0 Å². The Balaban J connectivity index is 2.32. The molecule has 2 N–H and O–H groups in total. The molecule has 0 amide bonds. The van der Waals surface area contributed by atoms with Crippen molar-refractivity contribution < 1.29 is 12.8 Å². The molecule has 0 saturated carbocycles. The van der Waals surface area contributed by atoms with E-state index in [1.54, 1.807) is 12.1 Å². The van der Waals surface area contributed by atoms with Crippen molar-refractivity contribution in [1.29, 1.82) is 0 Å². The molecule has 1 aromatic carbocycles. The number of nitrogens with zero attached hydrogens (tertiary/aromatic N) is 1. The molecule has 1 aromatic heterocycles. The largest absolute Gasteiger partial charge is 0.399 e. The van der Waals surface area contributed by atoms with E-state index in [0.717, 1.165) is 21.3 Å². The second kappa shape index (κ2) is 5.69. The SMILES string of the molecule is CN(Cc1ccc(Cl)s1)S(=O)(=O)c1cc(N)ccc1F. The third kappa shape index (κ3) is 3.12. The Morgan fingerprint density at radius 2 is 2.05 bits per heavy atom. The average Bonchev–Trinajstić information content (AvgIpc) is 2.77. The van der Waals surface area contributed by atoms with Crippen LogP contribution < -0.4 is 5.73 Å². The van der Waals surface area contributed by atoms with Crippen LogP contribution >= 0.6 is 22.9 Å². The number of benzene rings is 1. The lowest BCUT2D eigenvalue weighted by Gasteiger charge is -2.17. The first-order valence-electron chi connectivity index (χ1n) is 5.56. The van der Waals surface area contributed by atoms with Crippen LogP contribution in [-0.2, 0) is 16.6 Å². The fourth-order valence-corrected chi connectivity index (χ4v) is 4.09. The highest BCUT2D eigenvalue weighted by Crippen LogP contribution is 2.26. The van der Waals surface area contributed by atoms with Crippen LogP contribution in [0.15, 0.2) is 35.2 Å². The molecule has 0 spiro atoms. The molecule has 108 valence electrons. The number of nitrogens with two attached hydrogens (primary N) is 1. The summed E-state index contributed by atoms with van der Waals surface area (Å²) >= 11 is 7.07. The minimum atomic E-state index is -3.94. The van der Waals surface area contributed by atoms with Crippen LogP contribution in [0.2, 0.25) is 4.34 Å². The van der Waals surface area contributed by atoms with Crippen LogP contribution in [0.5, 0.6) is 0 Å². The molecule has 0 aliphatic rings. The number of thiophene rings is 1. The molecule has 0 fully saturated rings. The summed E-state index contributed by atoms with van der Waals surface area (Å²) in [5.74, 6) is -0.824. The normalized spacial score (nSPS) is 12.0. The van der Waals surface area contributed by atoms with Crippen LogP contribution in [0, 0.1) is 5.82 Å². The van der Waals surface area contributed by atoms with E-state index in [4.69, 9.17) is 17.3 Å². The van der Waals surface area contributed by atoms with Crippen molar-refractivity contribution in [3.8, 4) is 0 Å². The molecule has 0 radical (unpaired) electrons. The Morgan fingerprint density at radius 1 is 1.35 bits per heavy atom. The predicted molar refractivity (Wildman–Crippen MR) is 78.8 cm³/mol. The highest BCUT2D eigenvalue weighted by molar-refractivity contribution is 7.89. The second-order valence-electron chi connectivity index (χ2n) is 4.16. The molecule has 2 aromatic rings. The van der Waals surface area contributed by atoms with Gasteiger partial charge >= 0.3 is 0 Å². The summed E-state index contributed by atoms with van der Waals surface area (Å²) in [5, 5.41) is 0. The van der Waals surface area contributed by atoms with Crippen molar-refractivity contribution in [3.05, 3.63) is 45.4 Å². The van der Waals surface area contributed by atoms with Gasteiger partial charge in [0.25, 0.3) is 0 Å². The maximum absolute atomic E-state index is 13.7. The van der Waals surface area contributed by atoms with Gasteiger partial charge in [-0.05, 0) is 30.3 Å². The van der Waals surface area contributed by atoms with Gasteiger partial charge in [0, 0.05) is 24.2 Å². The highest BCUT2D eigenvalue weighted by atomic mass is 35.5. The van der Waals surface area contributed by atoms with Crippen LogP contribution in [0.1, 0.15) is 4.88 Å². The lowest BCUT2D eigenvalue weighted by Crippen LogP contribution is -2.27. The van der Waals surface area contributed by atoms with Crippen molar-refractivity contribution in [2.24, 2.45) is 0 Å². The zero-order valence-corrected chi connectivity index (χ0v) is 12.9. The molecule has 20 heavy (non-hydrogen) atoms. The van der Waals surface area contributed by atoms with Crippen LogP contribution in [0.25, 0.3) is 0 Å². The van der Waals surface area contributed by atoms with E-state index in [2.05, 4.69) is 0 Å². The Morgan fingerprint density at radius 3 is 2.65 bits per heavy atom. The number of anilines is 1. The van der Waals surface area contributed by atoms with Gasteiger partial charge in [0.2, 0.25) is 10.0 Å². The fourth-order valence-electron chi connectivity index (χ4n) is 1.63. The summed E-state index contributed by atoms with van der Waals surface area (Å²) in [4.78, 5) is 0.341. The number of nitrogen functional groups attached to an aromatic ring is 1. The van der Waals surface area contributed by atoms with Gasteiger partial charge in [-0.25, -0.2) is 12.8 Å². The second-order valence-corrected chi connectivity index (χ2v) is 7.97. The van der Waals surface area contributed by atoms with E-state index in [1.165, 1.54) is 24.5 Å². The molecule has 8 heteroatoms. The first kappa shape index (κ1) is 15.2. The van der Waals surface area contributed by atoms with Crippen LogP contribution in [0.4, 0.5) is 10.1 Å². The standard InChI is InChI=1S/C12H12ClFN2O2S2/c1-16(7-9-3-5-12(13)19-9)20(17,18)11-6-8(15)2-4-10(11)14/h2-6H,7,15H2,1H3. The van der Waals surface area contributed by atoms with E-state index in [0.29, 0.717) is 4.34 Å². The number of rotatable bonds is 4. The molecule has 1 heterocycles. The Kier molecular flexibility index (Phi) is 4.33. The lowest BCUT2D eigenvalue weighted by atomic mass is 10.3. The van der Waals surface area contributed by atoms with E-state index in [-0.39, 0.29) is 12.2 Å². The first-order chi connectivity index (χ1) is 9.30. The van der Waals surface area contributed by atoms with Crippen molar-refractivity contribution in [2.45, 2.75) is 11.4 Å². The third-order valence-electron chi connectivity index (χ3n) is 2.65. The quantitative estimate of drug-likeness (QED) is 0.874. The van der Waals surface area contributed by atoms with Gasteiger partial charge in [0.15, 0.2) is 0 Å². The molecule has 0 aliphatic heterocycles. The Hall–Kier alpha value is -1.15. The average molecular weight is 335 g/mol. The minimum absolute atomic E-state index is 0.119. The van der Waals surface area contributed by atoms with Gasteiger partial charge < -0.3 is 5.73 Å². The van der Waals surface area contributed by atoms with E-state index in [1.807, 2.05) is 0 Å². The van der Waals surface area contributed by atoms with E-state index < -0.39 is 20.7 Å². The maximum Gasteiger partial charge on any atom is 0.246 e. The van der Waals surface area contributed by atoms with Crippen molar-refractivity contribution in [2.75, 3.05) is 12.8 Å². The highest BCUT2D eigenvalue weighted by Gasteiger charge is 2.25. The fraction of sp³-hybridized carbons (Fsp3) is 0.167. The number of hydrogen-bond acceptors (Lipinski definition) is 4. The molecule has 0 bridgehead atoms. The van der Waals surface area contributed by atoms with Crippen LogP contribution in [-0.4, -0.2) is 19.8 Å². The zero-order valence-electron chi connectivity index (χ0n) is 10.5. The first-order valence-corrected chi connectivity index (χ1v) is 8.20. The number of sulfonamides is 1. The summed E-state index contributed by atoms with van der Waals surface area (Å²) in [6, 6.07) is 6.88. The third-order valence-corrected chi connectivity index (χ3v) is 5.69. The Bertz CT molecular complexity index is 731. The molecule has 0 atom stereocenters. The molecule has 2 rings (SSSR count). The molecule has 0 unspecified atom stereocenters. The van der Waals surface area contributed by atoms with E-state index >= 15 is 0 Å². The van der Waals surface area contributed by atoms with Gasteiger partial charge in [0.05, 0.1) is 4.34 Å². The lowest BCUT2D eigenvalue weighted by molar-refractivity contribution is 0.462. The number of hydrogen-bond donors (Lipinski definition) is 1. The van der Waals surface area contributed by atoms with Gasteiger partial charge in [-0.2, -0.15) is 4.31 Å². The smallest absolute Gasteiger partial charge is 0.246 e. The van der Waals surface area contributed by atoms with Gasteiger partial charge in [-0.1, -0.05) is 11.6 Å². The molecule has 0 saturated heterocycles. The summed E-state index contributed by atoms with van der Waals surface area (Å²) in [6.45, 7) is 0.119. The summed E-state index contributed by atoms with van der Waals surface area (Å²) in [6.07, 6.45) is 0. The molecular weight excluding hydrogens is 323 g/mol. The molecular formula is C12H12ClFN2O2S2. The Labute approximate surface area is 125 Å². The minimum Gasteiger partial charge on any atom is -0.399 e. The zero-order chi connectivity index (χ0) is 14.9. The summed E-state index contributed by atoms with van der Waals surface area (Å²) in [7, 11) is -2.56. The predicted octanol–water partition coefficient (Wildman–Crippen LogP) is 2.94. The van der Waals surface area contributed by atoms with E-state index in [9.17, 15) is 12.8 Å². The summed E-state index contributed by atoms with van der Waals surface area (Å²) < 4.78 is 40.0. The monoisotopic (exact) mass is 334 g/mol. The topological polar surface area (TPSA) is 63.4 Å². The van der Waals surface area contributed by atoms with Gasteiger partial charge in [-0.15, -0.1) is 11.3 Å². The van der Waals surface area contributed by atoms with Crippen LogP contribution in [0.3, 0.4) is 0 Å². The molecule has 4 nitrogen and oxygen atoms in total. The number of halogens is 2. The van der Waals surface area contributed by atoms with Crippen molar-refractivity contribution in [3.63, 3.8) is 0 Å². The van der Waals surface area contributed by atoms with Crippen molar-refractivity contribution >= 4 is 38.6 Å². The van der Waals surface area contributed by atoms with Gasteiger partial charge in [0.1, 0.15) is 10.7 Å². The summed E-state index contributed by atoms with van der Waals surface area (Å²) in [5.41, 5.74) is 5.71. The molecule has 0 aliphatic carbocycles. The van der Waals surface area contributed by atoms with Crippen molar-refractivity contribution in [1.82, 2.24) is 4.31 Å². The maximum atomic E-state index is 13.7.